The fourth-order valence-electron chi connectivity index (χ4n) is 1.22. The van der Waals surface area contributed by atoms with Gasteiger partial charge in [0.15, 0.2) is 0 Å². The molecule has 0 saturated heterocycles. The Morgan fingerprint density at radius 1 is 1.46 bits per heavy atom. The molecule has 0 spiro atoms. The van der Waals surface area contributed by atoms with Crippen LogP contribution < -0.4 is 0 Å². The number of fused-ring (bicyclic) bond motifs is 1. The van der Waals surface area contributed by atoms with E-state index < -0.39 is 0 Å². The van der Waals surface area contributed by atoms with E-state index in [1.54, 1.807) is 11.3 Å². The summed E-state index contributed by atoms with van der Waals surface area (Å²) < 4.78 is 0. The van der Waals surface area contributed by atoms with Crippen molar-refractivity contribution < 1.29 is 0 Å². The Labute approximate surface area is 86.4 Å². The monoisotopic (exact) mass is 211 g/mol. The van der Waals surface area contributed by atoms with E-state index in [-0.39, 0.29) is 0 Å². The minimum atomic E-state index is 0.507. The van der Waals surface area contributed by atoms with E-state index >= 15 is 0 Å². The van der Waals surface area contributed by atoms with Crippen LogP contribution in [0.3, 0.4) is 0 Å². The van der Waals surface area contributed by atoms with Gasteiger partial charge < -0.3 is 0 Å². The zero-order valence-corrected chi connectivity index (χ0v) is 9.12. The van der Waals surface area contributed by atoms with Gasteiger partial charge in [0.25, 0.3) is 0 Å². The highest BCUT2D eigenvalue weighted by Gasteiger charge is 2.05. The van der Waals surface area contributed by atoms with Gasteiger partial charge in [-0.15, -0.1) is 11.3 Å². The molecule has 0 saturated carbocycles. The van der Waals surface area contributed by atoms with Crippen LogP contribution in [0.2, 0.25) is 5.02 Å². The Kier molecular flexibility index (Phi) is 2.26. The van der Waals surface area contributed by atoms with Crippen molar-refractivity contribution in [3.05, 3.63) is 28.2 Å². The molecule has 0 radical (unpaired) electrons. The second-order valence-electron chi connectivity index (χ2n) is 3.36. The molecule has 0 N–H and O–H groups in total. The van der Waals surface area contributed by atoms with Gasteiger partial charge in [-0.2, -0.15) is 0 Å². The average Bonchev–Trinajstić information content (AvgIpc) is 2.47. The van der Waals surface area contributed by atoms with E-state index in [1.165, 1.54) is 5.56 Å². The average molecular weight is 212 g/mol. The number of rotatable bonds is 1. The molecule has 0 aliphatic carbocycles. The maximum absolute atomic E-state index is 6.02. The molecule has 1 nitrogen and oxygen atoms in total. The number of nitrogens with zero attached hydrogens (tertiary/aromatic N) is 1. The predicted octanol–water partition coefficient (Wildman–Crippen LogP) is 4.07. The summed E-state index contributed by atoms with van der Waals surface area (Å²) in [5.41, 5.74) is 1.24. The molecule has 0 bridgehead atoms. The first-order valence-electron chi connectivity index (χ1n) is 4.21. The SMILES string of the molecule is CC(C)c1cnc2scc(Cl)c2c1. The van der Waals surface area contributed by atoms with E-state index in [1.807, 2.05) is 11.6 Å². The van der Waals surface area contributed by atoms with Crippen LogP contribution in [0.1, 0.15) is 25.3 Å². The molecule has 68 valence electrons. The van der Waals surface area contributed by atoms with Gasteiger partial charge in [-0.1, -0.05) is 25.4 Å². The third-order valence-electron chi connectivity index (χ3n) is 2.07. The van der Waals surface area contributed by atoms with Crippen molar-refractivity contribution in [2.45, 2.75) is 19.8 Å². The first-order valence-corrected chi connectivity index (χ1v) is 5.47. The topological polar surface area (TPSA) is 12.9 Å². The van der Waals surface area contributed by atoms with Crippen molar-refractivity contribution in [1.82, 2.24) is 4.98 Å². The molecule has 3 heteroatoms. The third kappa shape index (κ3) is 1.56. The fourth-order valence-corrected chi connectivity index (χ4v) is 2.31. The zero-order valence-electron chi connectivity index (χ0n) is 7.54. The molecule has 2 heterocycles. The lowest BCUT2D eigenvalue weighted by molar-refractivity contribution is 0.862. The summed E-state index contributed by atoms with van der Waals surface area (Å²) in [4.78, 5) is 5.38. The highest BCUT2D eigenvalue weighted by molar-refractivity contribution is 7.17. The van der Waals surface area contributed by atoms with Crippen LogP contribution >= 0.6 is 22.9 Å². The molecule has 0 aliphatic rings. The molecule has 2 rings (SSSR count). The smallest absolute Gasteiger partial charge is 0.124 e. The van der Waals surface area contributed by atoms with E-state index in [2.05, 4.69) is 24.9 Å². The molecule has 2 aromatic rings. The third-order valence-corrected chi connectivity index (χ3v) is 3.41. The molecule has 0 amide bonds. The number of hydrogen-bond acceptors (Lipinski definition) is 2. The summed E-state index contributed by atoms with van der Waals surface area (Å²) in [7, 11) is 0. The van der Waals surface area contributed by atoms with Crippen molar-refractivity contribution in [2.24, 2.45) is 0 Å². The van der Waals surface area contributed by atoms with Gasteiger partial charge in [0, 0.05) is 17.0 Å². The van der Waals surface area contributed by atoms with Crippen LogP contribution in [0.25, 0.3) is 10.2 Å². The van der Waals surface area contributed by atoms with Crippen LogP contribution in [0, 0.1) is 0 Å². The van der Waals surface area contributed by atoms with Crippen LogP contribution in [0.15, 0.2) is 17.6 Å². The lowest BCUT2D eigenvalue weighted by Gasteiger charge is -2.03. The van der Waals surface area contributed by atoms with Gasteiger partial charge >= 0.3 is 0 Å². The normalized spacial score (nSPS) is 11.4. The molecule has 13 heavy (non-hydrogen) atoms. The molecular weight excluding hydrogens is 202 g/mol. The standard InChI is InChI=1S/C10H10ClNS/c1-6(2)7-3-8-9(11)5-13-10(8)12-4-7/h3-6H,1-2H3. The lowest BCUT2D eigenvalue weighted by Crippen LogP contribution is -1.87. The first kappa shape index (κ1) is 8.97. The molecule has 0 unspecified atom stereocenters. The Morgan fingerprint density at radius 3 is 2.92 bits per heavy atom. The molecule has 0 fully saturated rings. The van der Waals surface area contributed by atoms with Crippen LogP contribution in [0.5, 0.6) is 0 Å². The second-order valence-corrected chi connectivity index (χ2v) is 4.63. The lowest BCUT2D eigenvalue weighted by atomic mass is 10.1. The Bertz CT molecular complexity index is 433. The summed E-state index contributed by atoms with van der Waals surface area (Å²) in [5, 5.41) is 3.83. The van der Waals surface area contributed by atoms with Crippen LogP contribution in [-0.4, -0.2) is 4.98 Å². The molecule has 0 aromatic carbocycles. The van der Waals surface area contributed by atoms with Gasteiger partial charge in [0.05, 0.1) is 5.02 Å². The van der Waals surface area contributed by atoms with Crippen molar-refractivity contribution >= 4 is 33.2 Å². The quantitative estimate of drug-likeness (QED) is 0.693. The van der Waals surface area contributed by atoms with E-state index in [9.17, 15) is 0 Å². The highest BCUT2D eigenvalue weighted by atomic mass is 35.5. The minimum Gasteiger partial charge on any atom is -0.245 e. The van der Waals surface area contributed by atoms with Gasteiger partial charge in [-0.05, 0) is 17.5 Å². The van der Waals surface area contributed by atoms with E-state index in [0.717, 1.165) is 15.2 Å². The summed E-state index contributed by atoms with van der Waals surface area (Å²) in [5.74, 6) is 0.507. The highest BCUT2D eigenvalue weighted by Crippen LogP contribution is 2.30. The summed E-state index contributed by atoms with van der Waals surface area (Å²) in [6, 6.07) is 2.13. The van der Waals surface area contributed by atoms with Crippen molar-refractivity contribution in [1.29, 1.82) is 0 Å². The van der Waals surface area contributed by atoms with Crippen molar-refractivity contribution in [3.63, 3.8) is 0 Å². The van der Waals surface area contributed by atoms with Gasteiger partial charge in [0.1, 0.15) is 4.83 Å². The Morgan fingerprint density at radius 2 is 2.23 bits per heavy atom. The largest absolute Gasteiger partial charge is 0.245 e. The Hall–Kier alpha value is -0.600. The van der Waals surface area contributed by atoms with Crippen LogP contribution in [0.4, 0.5) is 0 Å². The molecule has 2 aromatic heterocycles. The number of aromatic nitrogens is 1. The summed E-state index contributed by atoms with van der Waals surface area (Å²) in [6.45, 7) is 4.31. The molecule has 0 atom stereocenters. The number of pyridine rings is 1. The number of thiophene rings is 1. The van der Waals surface area contributed by atoms with Gasteiger partial charge in [-0.25, -0.2) is 4.98 Å². The predicted molar refractivity (Wildman–Crippen MR) is 58.7 cm³/mol. The zero-order chi connectivity index (χ0) is 9.42. The molecule has 0 aliphatic heterocycles. The maximum atomic E-state index is 6.02. The maximum Gasteiger partial charge on any atom is 0.124 e. The summed E-state index contributed by atoms with van der Waals surface area (Å²) >= 11 is 7.61. The Balaban J connectivity index is 2.66. The number of halogens is 1. The summed E-state index contributed by atoms with van der Waals surface area (Å²) in [6.07, 6.45) is 1.93. The van der Waals surface area contributed by atoms with E-state index in [0.29, 0.717) is 5.92 Å². The van der Waals surface area contributed by atoms with Gasteiger partial charge in [-0.3, -0.25) is 0 Å². The first-order chi connectivity index (χ1) is 6.18. The van der Waals surface area contributed by atoms with Crippen molar-refractivity contribution in [3.8, 4) is 0 Å². The second kappa shape index (κ2) is 3.28. The van der Waals surface area contributed by atoms with Crippen LogP contribution in [-0.2, 0) is 0 Å². The minimum absolute atomic E-state index is 0.507. The van der Waals surface area contributed by atoms with Crippen molar-refractivity contribution in [2.75, 3.05) is 0 Å². The number of hydrogen-bond donors (Lipinski definition) is 0. The fraction of sp³-hybridized carbons (Fsp3) is 0.300. The van der Waals surface area contributed by atoms with E-state index in [4.69, 9.17) is 11.6 Å². The molecular formula is C10H10ClNS. The van der Waals surface area contributed by atoms with Gasteiger partial charge in [0.2, 0.25) is 0 Å².